The molecule has 55 heavy (non-hydrogen) atoms. The van der Waals surface area contributed by atoms with Crippen molar-refractivity contribution < 1.29 is 9.59 Å². The number of urea groups is 1. The minimum atomic E-state index is -0.339. The Hall–Kier alpha value is -4.98. The molecular formula is C44H49ClN8O2. The van der Waals surface area contributed by atoms with Crippen LogP contribution in [0.15, 0.2) is 66.9 Å². The molecule has 0 saturated carbocycles. The number of likely N-dealkylation sites (tertiary alicyclic amines) is 1. The lowest BCUT2D eigenvalue weighted by atomic mass is 9.88. The van der Waals surface area contributed by atoms with Gasteiger partial charge >= 0.3 is 6.03 Å². The number of nitriles is 1. The van der Waals surface area contributed by atoms with Crippen LogP contribution < -0.4 is 20.0 Å². The number of aryl methyl sites for hydroxylation is 1. The molecule has 0 aliphatic carbocycles. The van der Waals surface area contributed by atoms with E-state index in [2.05, 4.69) is 91.2 Å². The molecule has 5 aromatic rings. The number of H-pyrrole nitrogens is 1. The number of piperidine rings is 3. The predicted octanol–water partition coefficient (Wildman–Crippen LogP) is 8.11. The zero-order chi connectivity index (χ0) is 37.6. The van der Waals surface area contributed by atoms with Gasteiger partial charge in [0.1, 0.15) is 6.07 Å². The van der Waals surface area contributed by atoms with Crippen LogP contribution in [0.25, 0.3) is 21.8 Å². The monoisotopic (exact) mass is 756 g/mol. The molecule has 0 bridgehead atoms. The molecule has 4 aliphatic heterocycles. The van der Waals surface area contributed by atoms with Crippen LogP contribution in [0.1, 0.15) is 73.6 Å². The number of imide groups is 1. The summed E-state index contributed by atoms with van der Waals surface area (Å²) in [5, 5.41) is 14.6. The molecule has 10 nitrogen and oxygen atoms in total. The van der Waals surface area contributed by atoms with Gasteiger partial charge in [-0.1, -0.05) is 29.8 Å². The second-order valence-corrected chi connectivity index (χ2v) is 16.5. The van der Waals surface area contributed by atoms with Crippen LogP contribution in [-0.4, -0.2) is 78.7 Å². The molecule has 2 aromatic heterocycles. The number of rotatable bonds is 7. The lowest BCUT2D eigenvalue weighted by molar-refractivity contribution is -0.120. The van der Waals surface area contributed by atoms with Gasteiger partial charge < -0.3 is 24.3 Å². The number of hydrogen-bond acceptors (Lipinski definition) is 6. The minimum absolute atomic E-state index is 0.209. The number of nitrogens with one attached hydrogen (secondary N) is 2. The van der Waals surface area contributed by atoms with Crippen LogP contribution in [0, 0.1) is 17.2 Å². The van der Waals surface area contributed by atoms with Crippen LogP contribution in [0.4, 0.5) is 21.9 Å². The van der Waals surface area contributed by atoms with E-state index in [0.717, 1.165) is 85.8 Å². The Morgan fingerprint density at radius 3 is 2.24 bits per heavy atom. The molecule has 2 N–H and O–H groups in total. The quantitative estimate of drug-likeness (QED) is 0.174. The fourth-order valence-corrected chi connectivity index (χ4v) is 10.1. The van der Waals surface area contributed by atoms with Crippen LogP contribution in [0.3, 0.4) is 0 Å². The molecule has 4 saturated heterocycles. The summed E-state index contributed by atoms with van der Waals surface area (Å²) in [6, 6.07) is 23.9. The van der Waals surface area contributed by atoms with Crippen molar-refractivity contribution in [2.24, 2.45) is 13.0 Å². The summed E-state index contributed by atoms with van der Waals surface area (Å²) in [5.41, 5.74) is 8.82. The zero-order valence-corrected chi connectivity index (χ0v) is 32.3. The SMILES string of the molecule is Cn1c(C2CCN(CC3CCN(c4ccc(C5CCN(c6ccc(Cl)c7c(C#N)c[nH]c67)CC5)cc4)CC3)CC2)cc2ccc(N3CCC(=O)NC3=O)cc21. The van der Waals surface area contributed by atoms with Crippen LogP contribution in [0.5, 0.6) is 0 Å². The Balaban J connectivity index is 0.740. The van der Waals surface area contributed by atoms with E-state index in [1.807, 2.05) is 12.1 Å². The van der Waals surface area contributed by atoms with E-state index in [0.29, 0.717) is 35.4 Å². The molecule has 6 heterocycles. The number of aromatic amines is 1. The molecule has 4 aliphatic rings. The fourth-order valence-electron chi connectivity index (χ4n) is 9.82. The minimum Gasteiger partial charge on any atom is -0.372 e. The van der Waals surface area contributed by atoms with Crippen LogP contribution >= 0.6 is 11.6 Å². The van der Waals surface area contributed by atoms with Gasteiger partial charge in [-0.25, -0.2) is 4.79 Å². The van der Waals surface area contributed by atoms with E-state index >= 15 is 0 Å². The third kappa shape index (κ3) is 6.93. The maximum absolute atomic E-state index is 12.4. The van der Waals surface area contributed by atoms with E-state index in [9.17, 15) is 14.9 Å². The highest BCUT2D eigenvalue weighted by atomic mass is 35.5. The van der Waals surface area contributed by atoms with Gasteiger partial charge in [0.05, 0.1) is 27.3 Å². The lowest BCUT2D eigenvalue weighted by Gasteiger charge is -2.38. The Labute approximate surface area is 327 Å². The molecule has 3 aromatic carbocycles. The highest BCUT2D eigenvalue weighted by molar-refractivity contribution is 6.36. The van der Waals surface area contributed by atoms with Crippen LogP contribution in [0.2, 0.25) is 5.02 Å². The first kappa shape index (κ1) is 35.7. The molecule has 0 radical (unpaired) electrons. The maximum Gasteiger partial charge on any atom is 0.328 e. The molecule has 0 unspecified atom stereocenters. The molecule has 4 fully saturated rings. The van der Waals surface area contributed by atoms with Gasteiger partial charge in [0.25, 0.3) is 0 Å². The number of halogens is 1. The number of benzene rings is 3. The van der Waals surface area contributed by atoms with E-state index in [4.69, 9.17) is 11.6 Å². The fraction of sp³-hybridized carbons (Fsp3) is 0.432. The molecule has 0 atom stereocenters. The standard InChI is InChI=1S/C44H49ClN8O2/c1-49-39(24-33-4-7-36(25-40(33)49)53-23-16-41(54)48-44(53)55)32-12-17-50(18-13-32)28-29-10-19-51(20-11-29)35-5-2-30(3-6-35)31-14-21-52(22-15-31)38-9-8-37(45)42-34(26-46)27-47-43(38)42/h2-9,24-25,27,29,31-32,47H,10-23,28H2,1H3,(H,48,54,55). The Kier molecular flexibility index (Phi) is 9.69. The van der Waals surface area contributed by atoms with Gasteiger partial charge in [-0.2, -0.15) is 5.26 Å². The number of aromatic nitrogens is 2. The second kappa shape index (κ2) is 14.9. The molecule has 284 valence electrons. The van der Waals surface area contributed by atoms with Crippen molar-refractivity contribution in [2.45, 2.75) is 56.8 Å². The van der Waals surface area contributed by atoms with Gasteiger partial charge in [-0.3, -0.25) is 15.0 Å². The van der Waals surface area contributed by atoms with Gasteiger partial charge in [0, 0.05) is 92.7 Å². The summed E-state index contributed by atoms with van der Waals surface area (Å²) >= 11 is 6.46. The molecule has 9 rings (SSSR count). The summed E-state index contributed by atoms with van der Waals surface area (Å²) in [6.45, 7) is 8.08. The van der Waals surface area contributed by atoms with E-state index < -0.39 is 0 Å². The first-order chi connectivity index (χ1) is 26.8. The summed E-state index contributed by atoms with van der Waals surface area (Å²) in [4.78, 5) is 36.8. The van der Waals surface area contributed by atoms with Crippen molar-refractivity contribution in [2.75, 3.05) is 67.1 Å². The smallest absolute Gasteiger partial charge is 0.328 e. The van der Waals surface area contributed by atoms with Crippen molar-refractivity contribution >= 4 is 62.4 Å². The number of anilines is 3. The summed E-state index contributed by atoms with van der Waals surface area (Å²) in [5.74, 6) is 1.62. The zero-order valence-electron chi connectivity index (χ0n) is 31.6. The van der Waals surface area contributed by atoms with E-state index in [1.54, 1.807) is 11.1 Å². The maximum atomic E-state index is 12.4. The molecule has 3 amide bonds. The highest BCUT2D eigenvalue weighted by Gasteiger charge is 2.29. The van der Waals surface area contributed by atoms with Crippen molar-refractivity contribution in [1.82, 2.24) is 19.8 Å². The number of amides is 3. The number of carbonyl (C=O) groups is 2. The second-order valence-electron chi connectivity index (χ2n) is 16.1. The summed E-state index contributed by atoms with van der Waals surface area (Å²) < 4.78 is 2.31. The third-order valence-electron chi connectivity index (χ3n) is 13.0. The summed E-state index contributed by atoms with van der Waals surface area (Å²) in [7, 11) is 2.15. The molecular weight excluding hydrogens is 708 g/mol. The normalized spacial score (nSPS) is 19.8. The first-order valence-electron chi connectivity index (χ1n) is 20.1. The Morgan fingerprint density at radius 2 is 1.51 bits per heavy atom. The van der Waals surface area contributed by atoms with Crippen molar-refractivity contribution in [3.8, 4) is 6.07 Å². The van der Waals surface area contributed by atoms with Crippen molar-refractivity contribution in [3.63, 3.8) is 0 Å². The largest absolute Gasteiger partial charge is 0.372 e. The first-order valence-corrected chi connectivity index (χ1v) is 20.4. The van der Waals surface area contributed by atoms with Crippen molar-refractivity contribution in [1.29, 1.82) is 5.26 Å². The third-order valence-corrected chi connectivity index (χ3v) is 13.3. The Bertz CT molecular complexity index is 2260. The number of hydrogen-bond donors (Lipinski definition) is 2. The average molecular weight is 757 g/mol. The number of fused-ring (bicyclic) bond motifs is 2. The molecule has 11 heteroatoms. The van der Waals surface area contributed by atoms with Gasteiger partial charge in [0.15, 0.2) is 0 Å². The average Bonchev–Trinajstić information content (AvgIpc) is 3.80. The van der Waals surface area contributed by atoms with Crippen molar-refractivity contribution in [3.05, 3.63) is 88.7 Å². The number of nitrogens with zero attached hydrogens (tertiary/aromatic N) is 6. The topological polar surface area (TPSA) is 104 Å². The van der Waals surface area contributed by atoms with Gasteiger partial charge in [-0.05, 0) is 111 Å². The highest BCUT2D eigenvalue weighted by Crippen LogP contribution is 2.38. The molecule has 0 spiro atoms. The van der Waals surface area contributed by atoms with E-state index in [1.165, 1.54) is 54.6 Å². The van der Waals surface area contributed by atoms with E-state index in [-0.39, 0.29) is 11.9 Å². The predicted molar refractivity (Wildman–Crippen MR) is 220 cm³/mol. The lowest BCUT2D eigenvalue weighted by Crippen LogP contribution is -2.49. The van der Waals surface area contributed by atoms with Gasteiger partial charge in [0.2, 0.25) is 5.91 Å². The number of carbonyl (C=O) groups excluding carboxylic acids is 2. The van der Waals surface area contributed by atoms with Crippen LogP contribution in [-0.2, 0) is 11.8 Å². The summed E-state index contributed by atoms with van der Waals surface area (Å²) in [6.07, 6.45) is 9.11. The Morgan fingerprint density at radius 1 is 0.800 bits per heavy atom. The van der Waals surface area contributed by atoms with Gasteiger partial charge in [-0.15, -0.1) is 0 Å².